The van der Waals surface area contributed by atoms with Crippen molar-refractivity contribution in [2.24, 2.45) is 5.92 Å². The molecule has 0 aromatic rings. The van der Waals surface area contributed by atoms with Gasteiger partial charge in [0, 0.05) is 31.1 Å². The van der Waals surface area contributed by atoms with Crippen LogP contribution in [-0.4, -0.2) is 48.0 Å². The van der Waals surface area contributed by atoms with Crippen LogP contribution >= 0.6 is 11.8 Å². The van der Waals surface area contributed by atoms with E-state index in [1.54, 1.807) is 0 Å². The summed E-state index contributed by atoms with van der Waals surface area (Å²) in [7, 11) is 2.00. The molecule has 0 aromatic carbocycles. The van der Waals surface area contributed by atoms with E-state index in [0.717, 1.165) is 24.0 Å². The van der Waals surface area contributed by atoms with E-state index in [4.69, 9.17) is 0 Å². The molecular formula is C14H26N2OS. The van der Waals surface area contributed by atoms with Crippen molar-refractivity contribution >= 4 is 17.7 Å². The van der Waals surface area contributed by atoms with E-state index < -0.39 is 0 Å². The van der Waals surface area contributed by atoms with Crippen molar-refractivity contribution in [2.45, 2.75) is 51.1 Å². The topological polar surface area (TPSA) is 32.3 Å². The molecule has 1 amide bonds. The summed E-state index contributed by atoms with van der Waals surface area (Å²) in [5.41, 5.74) is 0. The monoisotopic (exact) mass is 270 g/mol. The van der Waals surface area contributed by atoms with E-state index in [9.17, 15) is 4.79 Å². The molecule has 0 bridgehead atoms. The first-order valence-corrected chi connectivity index (χ1v) is 8.45. The second-order valence-electron chi connectivity index (χ2n) is 5.61. The normalized spacial score (nSPS) is 33.1. The molecule has 1 atom stereocenters. The Kier molecular flexibility index (Phi) is 5.37. The van der Waals surface area contributed by atoms with Crippen molar-refractivity contribution in [3.63, 3.8) is 0 Å². The van der Waals surface area contributed by atoms with Gasteiger partial charge >= 0.3 is 0 Å². The molecule has 4 heteroatoms. The first kappa shape index (κ1) is 14.2. The van der Waals surface area contributed by atoms with Crippen LogP contribution in [0.5, 0.6) is 0 Å². The lowest BCUT2D eigenvalue weighted by Crippen LogP contribution is -2.52. The third kappa shape index (κ3) is 3.41. The molecular weight excluding hydrogens is 244 g/mol. The van der Waals surface area contributed by atoms with Crippen LogP contribution in [0.25, 0.3) is 0 Å². The van der Waals surface area contributed by atoms with Crippen LogP contribution < -0.4 is 5.32 Å². The van der Waals surface area contributed by atoms with Crippen LogP contribution in [0.3, 0.4) is 0 Å². The molecule has 0 radical (unpaired) electrons. The van der Waals surface area contributed by atoms with E-state index in [1.165, 1.54) is 32.1 Å². The molecule has 2 aliphatic rings. The second-order valence-corrected chi connectivity index (χ2v) is 6.76. The maximum atomic E-state index is 12.4. The van der Waals surface area contributed by atoms with E-state index in [1.807, 2.05) is 23.7 Å². The van der Waals surface area contributed by atoms with E-state index >= 15 is 0 Å². The minimum atomic E-state index is 0.0534. The lowest BCUT2D eigenvalue weighted by Gasteiger charge is -2.37. The van der Waals surface area contributed by atoms with Gasteiger partial charge in [0.05, 0.1) is 6.04 Å². The molecule has 104 valence electrons. The molecule has 18 heavy (non-hydrogen) atoms. The van der Waals surface area contributed by atoms with Crippen molar-refractivity contribution in [3.05, 3.63) is 0 Å². The van der Waals surface area contributed by atoms with Gasteiger partial charge in [-0.3, -0.25) is 4.79 Å². The zero-order chi connectivity index (χ0) is 13.0. The number of thioether (sulfide) groups is 1. The summed E-state index contributed by atoms with van der Waals surface area (Å²) >= 11 is 1.89. The van der Waals surface area contributed by atoms with Gasteiger partial charge in [-0.15, -0.1) is 0 Å². The number of amides is 1. The van der Waals surface area contributed by atoms with Gasteiger partial charge in [0.1, 0.15) is 0 Å². The Hall–Kier alpha value is -0.220. The number of rotatable bonds is 3. The number of likely N-dealkylation sites (N-methyl/N-ethyl adjacent to an activating group) is 1. The van der Waals surface area contributed by atoms with Gasteiger partial charge in [0.25, 0.3) is 0 Å². The third-order valence-electron chi connectivity index (χ3n) is 4.51. The maximum Gasteiger partial charge on any atom is 0.240 e. The summed E-state index contributed by atoms with van der Waals surface area (Å²) in [5.74, 6) is 3.28. The standard InChI is InChI=1S/C14H26N2OS/c1-3-11-4-6-12(7-5-11)16(2)14(17)13-10-18-9-8-15-13/h11-13,15H,3-10H2,1-2H3. The predicted octanol–water partition coefficient (Wildman–Crippen LogP) is 2.12. The second kappa shape index (κ2) is 6.80. The summed E-state index contributed by atoms with van der Waals surface area (Å²) in [5, 5.41) is 3.35. The molecule has 0 aromatic heterocycles. The fraction of sp³-hybridized carbons (Fsp3) is 0.929. The molecule has 1 saturated heterocycles. The lowest BCUT2D eigenvalue weighted by atomic mass is 9.84. The van der Waals surface area contributed by atoms with Crippen LogP contribution in [0.15, 0.2) is 0 Å². The van der Waals surface area contributed by atoms with E-state index in [-0.39, 0.29) is 6.04 Å². The minimum Gasteiger partial charge on any atom is -0.341 e. The van der Waals surface area contributed by atoms with Crippen LogP contribution in [0.2, 0.25) is 0 Å². The van der Waals surface area contributed by atoms with Crippen LogP contribution in [-0.2, 0) is 4.79 Å². The summed E-state index contributed by atoms with van der Waals surface area (Å²) in [6.45, 7) is 3.25. The molecule has 1 unspecified atom stereocenters. The molecule has 2 fully saturated rings. The Labute approximate surface area is 115 Å². The number of carbonyl (C=O) groups is 1. The zero-order valence-corrected chi connectivity index (χ0v) is 12.5. The van der Waals surface area contributed by atoms with Gasteiger partial charge in [-0.25, -0.2) is 0 Å². The molecule has 1 heterocycles. The highest BCUT2D eigenvalue weighted by atomic mass is 32.2. The Bertz CT molecular complexity index is 271. The van der Waals surface area contributed by atoms with E-state index in [0.29, 0.717) is 11.9 Å². The SMILES string of the molecule is CCC1CCC(N(C)C(=O)C2CSCCN2)CC1. The molecule has 0 spiro atoms. The first-order chi connectivity index (χ1) is 8.72. The highest BCUT2D eigenvalue weighted by Gasteiger charge is 2.30. The van der Waals surface area contributed by atoms with E-state index in [2.05, 4.69) is 12.2 Å². The summed E-state index contributed by atoms with van der Waals surface area (Å²) in [6.07, 6.45) is 6.28. The van der Waals surface area contributed by atoms with Crippen LogP contribution in [0.1, 0.15) is 39.0 Å². The summed E-state index contributed by atoms with van der Waals surface area (Å²) in [4.78, 5) is 14.4. The molecule has 1 N–H and O–H groups in total. The fourth-order valence-corrected chi connectivity index (χ4v) is 4.02. The quantitative estimate of drug-likeness (QED) is 0.852. The maximum absolute atomic E-state index is 12.4. The Morgan fingerprint density at radius 2 is 2.06 bits per heavy atom. The fourth-order valence-electron chi connectivity index (χ4n) is 3.09. The minimum absolute atomic E-state index is 0.0534. The van der Waals surface area contributed by atoms with Gasteiger partial charge in [-0.05, 0) is 31.6 Å². The number of nitrogens with one attached hydrogen (secondary N) is 1. The van der Waals surface area contributed by atoms with Gasteiger partial charge < -0.3 is 10.2 Å². The number of hydrogen-bond donors (Lipinski definition) is 1. The average molecular weight is 270 g/mol. The number of nitrogens with zero attached hydrogens (tertiary/aromatic N) is 1. The molecule has 3 nitrogen and oxygen atoms in total. The van der Waals surface area contributed by atoms with Gasteiger partial charge in [-0.1, -0.05) is 13.3 Å². The molecule has 1 aliphatic heterocycles. The van der Waals surface area contributed by atoms with Gasteiger partial charge in [-0.2, -0.15) is 11.8 Å². The highest BCUT2D eigenvalue weighted by Crippen LogP contribution is 2.29. The number of hydrogen-bond acceptors (Lipinski definition) is 3. The number of carbonyl (C=O) groups excluding carboxylic acids is 1. The average Bonchev–Trinajstić information content (AvgIpc) is 2.47. The Balaban J connectivity index is 1.83. The summed E-state index contributed by atoms with van der Waals surface area (Å²) in [6, 6.07) is 0.534. The molecule has 1 aliphatic carbocycles. The van der Waals surface area contributed by atoms with Crippen LogP contribution in [0.4, 0.5) is 0 Å². The zero-order valence-electron chi connectivity index (χ0n) is 11.7. The largest absolute Gasteiger partial charge is 0.341 e. The molecule has 2 rings (SSSR count). The lowest BCUT2D eigenvalue weighted by molar-refractivity contribution is -0.134. The first-order valence-electron chi connectivity index (χ1n) is 7.30. The smallest absolute Gasteiger partial charge is 0.240 e. The van der Waals surface area contributed by atoms with Gasteiger partial charge in [0.2, 0.25) is 5.91 Å². The summed E-state index contributed by atoms with van der Waals surface area (Å²) < 4.78 is 0. The highest BCUT2D eigenvalue weighted by molar-refractivity contribution is 7.99. The third-order valence-corrected chi connectivity index (χ3v) is 5.57. The van der Waals surface area contributed by atoms with Crippen molar-refractivity contribution in [1.29, 1.82) is 0 Å². The van der Waals surface area contributed by atoms with Crippen molar-refractivity contribution < 1.29 is 4.79 Å². The van der Waals surface area contributed by atoms with Gasteiger partial charge in [0.15, 0.2) is 0 Å². The van der Waals surface area contributed by atoms with Crippen molar-refractivity contribution in [1.82, 2.24) is 10.2 Å². The predicted molar refractivity (Wildman–Crippen MR) is 77.9 cm³/mol. The van der Waals surface area contributed by atoms with Crippen molar-refractivity contribution in [2.75, 3.05) is 25.1 Å². The van der Waals surface area contributed by atoms with Crippen molar-refractivity contribution in [3.8, 4) is 0 Å². The Morgan fingerprint density at radius 1 is 1.33 bits per heavy atom. The van der Waals surface area contributed by atoms with Crippen LogP contribution in [0, 0.1) is 5.92 Å². The Morgan fingerprint density at radius 3 is 2.61 bits per heavy atom. The molecule has 1 saturated carbocycles.